The molecule has 0 spiro atoms. The molecule has 0 radical (unpaired) electrons. The fourth-order valence-corrected chi connectivity index (χ4v) is 4.26. The van der Waals surface area contributed by atoms with E-state index in [1.165, 1.54) is 25.0 Å². The summed E-state index contributed by atoms with van der Waals surface area (Å²) in [5, 5.41) is 0. The number of hydrogen-bond acceptors (Lipinski definition) is 2. The van der Waals surface area contributed by atoms with Gasteiger partial charge in [-0.15, -0.1) is 0 Å². The van der Waals surface area contributed by atoms with Crippen LogP contribution in [0.5, 0.6) is 0 Å². The summed E-state index contributed by atoms with van der Waals surface area (Å²) < 4.78 is 14.0. The van der Waals surface area contributed by atoms with Crippen molar-refractivity contribution in [2.24, 2.45) is 5.92 Å². The summed E-state index contributed by atoms with van der Waals surface area (Å²) in [6, 6.07) is 5.27. The first-order chi connectivity index (χ1) is 10.1. The number of rotatable bonds is 3. The Morgan fingerprint density at radius 2 is 2.10 bits per heavy atom. The highest BCUT2D eigenvalue weighted by Gasteiger charge is 2.36. The van der Waals surface area contributed by atoms with Crippen LogP contribution in [0.4, 0.5) is 4.39 Å². The summed E-state index contributed by atoms with van der Waals surface area (Å²) in [6.45, 7) is 1.84. The van der Waals surface area contributed by atoms with Gasteiger partial charge in [0, 0.05) is 29.4 Å². The van der Waals surface area contributed by atoms with Gasteiger partial charge < -0.3 is 0 Å². The maximum atomic E-state index is 13.2. The number of hydrogen-bond donors (Lipinski definition) is 0. The molecular formula is C17H21BrFNO. The molecule has 3 rings (SSSR count). The highest BCUT2D eigenvalue weighted by atomic mass is 79.9. The van der Waals surface area contributed by atoms with E-state index in [9.17, 15) is 9.18 Å². The number of piperidine rings is 1. The minimum atomic E-state index is -0.216. The Morgan fingerprint density at radius 1 is 1.24 bits per heavy atom. The van der Waals surface area contributed by atoms with Crippen molar-refractivity contribution < 1.29 is 9.18 Å². The number of halogens is 2. The van der Waals surface area contributed by atoms with Crippen LogP contribution < -0.4 is 0 Å². The molecule has 0 N–H and O–H groups in total. The topological polar surface area (TPSA) is 20.3 Å². The molecule has 2 fully saturated rings. The van der Waals surface area contributed by atoms with Crippen LogP contribution in [-0.2, 0) is 11.3 Å². The number of benzene rings is 1. The Balaban J connectivity index is 1.76. The Kier molecular flexibility index (Phi) is 4.75. The molecule has 1 aromatic carbocycles. The van der Waals surface area contributed by atoms with Crippen LogP contribution in [-0.4, -0.2) is 23.3 Å². The average Bonchev–Trinajstić information content (AvgIpc) is 2.89. The molecule has 1 aliphatic carbocycles. The molecule has 1 heterocycles. The third-order valence-corrected chi connectivity index (χ3v) is 5.61. The monoisotopic (exact) mass is 353 g/mol. The lowest BCUT2D eigenvalue weighted by atomic mass is 9.88. The van der Waals surface area contributed by atoms with Crippen molar-refractivity contribution in [3.63, 3.8) is 0 Å². The number of nitrogens with zero attached hydrogens (tertiary/aromatic N) is 1. The SMILES string of the molecule is O=C1CCCC1C1CCCCN1Cc1ccc(F)cc1Br. The molecular weight excluding hydrogens is 333 g/mol. The van der Waals surface area contributed by atoms with Gasteiger partial charge in [0.05, 0.1) is 0 Å². The van der Waals surface area contributed by atoms with Gasteiger partial charge >= 0.3 is 0 Å². The number of carbonyl (C=O) groups is 1. The van der Waals surface area contributed by atoms with E-state index in [4.69, 9.17) is 0 Å². The Morgan fingerprint density at radius 3 is 2.81 bits per heavy atom. The van der Waals surface area contributed by atoms with E-state index < -0.39 is 0 Å². The molecule has 1 saturated carbocycles. The fraction of sp³-hybridized carbons (Fsp3) is 0.588. The molecule has 1 aliphatic heterocycles. The number of Topliss-reactive ketones (excluding diaryl/α,β-unsaturated/α-hetero) is 1. The normalized spacial score (nSPS) is 27.2. The van der Waals surface area contributed by atoms with Crippen molar-refractivity contribution in [2.45, 2.75) is 51.1 Å². The summed E-state index contributed by atoms with van der Waals surface area (Å²) in [7, 11) is 0. The quantitative estimate of drug-likeness (QED) is 0.806. The van der Waals surface area contributed by atoms with Crippen LogP contribution in [0.3, 0.4) is 0 Å². The lowest BCUT2D eigenvalue weighted by Gasteiger charge is -2.39. The molecule has 0 aromatic heterocycles. The number of likely N-dealkylation sites (tertiary alicyclic amines) is 1. The van der Waals surface area contributed by atoms with Crippen LogP contribution >= 0.6 is 15.9 Å². The molecule has 4 heteroatoms. The molecule has 2 nitrogen and oxygen atoms in total. The van der Waals surface area contributed by atoms with Gasteiger partial charge in [-0.05, 0) is 49.9 Å². The first-order valence-corrected chi connectivity index (χ1v) is 8.65. The molecule has 21 heavy (non-hydrogen) atoms. The highest BCUT2D eigenvalue weighted by Crippen LogP contribution is 2.34. The number of ketones is 1. The lowest BCUT2D eigenvalue weighted by Crippen LogP contribution is -2.44. The van der Waals surface area contributed by atoms with Gasteiger partial charge in [-0.2, -0.15) is 0 Å². The summed E-state index contributed by atoms with van der Waals surface area (Å²) in [5.74, 6) is 0.460. The van der Waals surface area contributed by atoms with Crippen molar-refractivity contribution in [2.75, 3.05) is 6.54 Å². The Hall–Kier alpha value is -0.740. The second-order valence-electron chi connectivity index (χ2n) is 6.23. The predicted molar refractivity (Wildman–Crippen MR) is 84.5 cm³/mol. The van der Waals surface area contributed by atoms with E-state index in [1.807, 2.05) is 6.07 Å². The molecule has 114 valence electrons. The van der Waals surface area contributed by atoms with Gasteiger partial charge in [0.1, 0.15) is 11.6 Å². The van der Waals surface area contributed by atoms with Gasteiger partial charge in [0.25, 0.3) is 0 Å². The third kappa shape index (κ3) is 3.37. The zero-order valence-corrected chi connectivity index (χ0v) is 13.7. The van der Waals surface area contributed by atoms with Crippen molar-refractivity contribution in [3.8, 4) is 0 Å². The second-order valence-corrected chi connectivity index (χ2v) is 7.09. The van der Waals surface area contributed by atoms with Crippen molar-refractivity contribution in [3.05, 3.63) is 34.1 Å². The average molecular weight is 354 g/mol. The van der Waals surface area contributed by atoms with E-state index in [-0.39, 0.29) is 11.7 Å². The third-order valence-electron chi connectivity index (χ3n) is 4.87. The highest BCUT2D eigenvalue weighted by molar-refractivity contribution is 9.10. The fourth-order valence-electron chi connectivity index (χ4n) is 3.79. The van der Waals surface area contributed by atoms with E-state index in [0.717, 1.165) is 48.8 Å². The van der Waals surface area contributed by atoms with Gasteiger partial charge in [-0.1, -0.05) is 28.4 Å². The maximum Gasteiger partial charge on any atom is 0.137 e. The second kappa shape index (κ2) is 6.57. The molecule has 1 saturated heterocycles. The molecule has 2 atom stereocenters. The van der Waals surface area contributed by atoms with Crippen LogP contribution in [0.2, 0.25) is 0 Å². The largest absolute Gasteiger partial charge is 0.299 e. The molecule has 2 aliphatic rings. The summed E-state index contributed by atoms with van der Waals surface area (Å²) in [6.07, 6.45) is 6.38. The van der Waals surface area contributed by atoms with Gasteiger partial charge in [0.2, 0.25) is 0 Å². The standard InChI is InChI=1S/C17H21BrFNO/c18-15-10-13(19)8-7-12(15)11-20-9-2-1-5-16(20)14-4-3-6-17(14)21/h7-8,10,14,16H,1-6,9,11H2. The van der Waals surface area contributed by atoms with Crippen LogP contribution in [0.15, 0.2) is 22.7 Å². The molecule has 0 amide bonds. The van der Waals surface area contributed by atoms with Crippen molar-refractivity contribution >= 4 is 21.7 Å². The first-order valence-electron chi connectivity index (χ1n) is 7.86. The summed E-state index contributed by atoms with van der Waals surface area (Å²) >= 11 is 3.46. The Labute approximate surface area is 133 Å². The zero-order chi connectivity index (χ0) is 14.8. The van der Waals surface area contributed by atoms with E-state index in [2.05, 4.69) is 20.8 Å². The molecule has 2 unspecified atom stereocenters. The minimum absolute atomic E-state index is 0.216. The van der Waals surface area contributed by atoms with Crippen LogP contribution in [0.25, 0.3) is 0 Å². The van der Waals surface area contributed by atoms with E-state index in [1.54, 1.807) is 0 Å². The first kappa shape index (κ1) is 15.2. The van der Waals surface area contributed by atoms with Gasteiger partial charge in [0.15, 0.2) is 0 Å². The lowest BCUT2D eigenvalue weighted by molar-refractivity contribution is -0.123. The van der Waals surface area contributed by atoms with Gasteiger partial charge in [-0.25, -0.2) is 4.39 Å². The van der Waals surface area contributed by atoms with Crippen LogP contribution in [0.1, 0.15) is 44.1 Å². The zero-order valence-electron chi connectivity index (χ0n) is 12.2. The smallest absolute Gasteiger partial charge is 0.137 e. The molecule has 1 aromatic rings. The minimum Gasteiger partial charge on any atom is -0.299 e. The van der Waals surface area contributed by atoms with Gasteiger partial charge in [-0.3, -0.25) is 9.69 Å². The van der Waals surface area contributed by atoms with Crippen molar-refractivity contribution in [1.29, 1.82) is 0 Å². The molecule has 0 bridgehead atoms. The van der Waals surface area contributed by atoms with E-state index >= 15 is 0 Å². The number of carbonyl (C=O) groups excluding carboxylic acids is 1. The van der Waals surface area contributed by atoms with Crippen molar-refractivity contribution in [1.82, 2.24) is 4.90 Å². The maximum absolute atomic E-state index is 13.2. The van der Waals surface area contributed by atoms with E-state index in [0.29, 0.717) is 11.8 Å². The Bertz CT molecular complexity index is 534. The predicted octanol–water partition coefficient (Wildman–Crippen LogP) is 4.31. The summed E-state index contributed by atoms with van der Waals surface area (Å²) in [4.78, 5) is 14.5. The summed E-state index contributed by atoms with van der Waals surface area (Å²) in [5.41, 5.74) is 1.11. The van der Waals surface area contributed by atoms with Crippen LogP contribution in [0, 0.1) is 11.7 Å².